The van der Waals surface area contributed by atoms with Gasteiger partial charge < -0.3 is 10.6 Å². The molecule has 1 aliphatic carbocycles. The van der Waals surface area contributed by atoms with Crippen LogP contribution in [0.3, 0.4) is 0 Å². The summed E-state index contributed by atoms with van der Waals surface area (Å²) in [6.45, 7) is 4.39. The van der Waals surface area contributed by atoms with E-state index in [1.54, 1.807) is 11.0 Å². The van der Waals surface area contributed by atoms with Crippen molar-refractivity contribution in [1.29, 1.82) is 0 Å². The number of aryl methyl sites for hydroxylation is 1. The zero-order chi connectivity index (χ0) is 16.1. The summed E-state index contributed by atoms with van der Waals surface area (Å²) in [7, 11) is 1.88. The highest BCUT2D eigenvalue weighted by molar-refractivity contribution is 14.0. The van der Waals surface area contributed by atoms with Gasteiger partial charge in [-0.05, 0) is 30.7 Å². The fourth-order valence-electron chi connectivity index (χ4n) is 2.76. The summed E-state index contributed by atoms with van der Waals surface area (Å²) in [4.78, 5) is 8.78. The lowest BCUT2D eigenvalue weighted by molar-refractivity contribution is 0.690. The first-order valence-corrected chi connectivity index (χ1v) is 8.18. The van der Waals surface area contributed by atoms with E-state index in [-0.39, 0.29) is 24.0 Å². The third-order valence-electron chi connectivity index (χ3n) is 4.21. The topological polar surface area (TPSA) is 67.1 Å². The number of nitrogens with zero attached hydrogens (tertiary/aromatic N) is 4. The minimum atomic E-state index is 0. The number of aromatic nitrogens is 3. The number of aliphatic imine (C=N–C) groups is 1. The van der Waals surface area contributed by atoms with E-state index in [2.05, 4.69) is 63.0 Å². The molecule has 2 atom stereocenters. The molecule has 1 aromatic carbocycles. The van der Waals surface area contributed by atoms with Gasteiger partial charge in [-0.25, -0.2) is 9.98 Å². The summed E-state index contributed by atoms with van der Waals surface area (Å²) in [5, 5.41) is 10.8. The number of halogens is 1. The molecule has 130 valence electrons. The highest BCUT2D eigenvalue weighted by atomic mass is 127. The zero-order valence-electron chi connectivity index (χ0n) is 14.1. The SMILES string of the molecule is CCNC(=NCc1ncnn1C)NCC1CC1c1ccccc1.I. The van der Waals surface area contributed by atoms with Crippen LogP contribution >= 0.6 is 24.0 Å². The van der Waals surface area contributed by atoms with Crippen molar-refractivity contribution in [2.75, 3.05) is 13.1 Å². The van der Waals surface area contributed by atoms with E-state index in [0.29, 0.717) is 18.4 Å². The Balaban J connectivity index is 0.00000208. The normalized spacial score (nSPS) is 19.5. The van der Waals surface area contributed by atoms with Gasteiger partial charge in [-0.3, -0.25) is 4.68 Å². The molecule has 2 unspecified atom stereocenters. The molecule has 0 radical (unpaired) electrons. The summed E-state index contributed by atoms with van der Waals surface area (Å²) in [5.74, 6) is 3.08. The van der Waals surface area contributed by atoms with Crippen LogP contribution in [0.25, 0.3) is 0 Å². The van der Waals surface area contributed by atoms with E-state index < -0.39 is 0 Å². The highest BCUT2D eigenvalue weighted by Crippen LogP contribution is 2.46. The van der Waals surface area contributed by atoms with Gasteiger partial charge in [0.15, 0.2) is 5.96 Å². The molecule has 0 spiro atoms. The summed E-state index contributed by atoms with van der Waals surface area (Å²) in [6, 6.07) is 10.7. The average Bonchev–Trinajstić information content (AvgIpc) is 3.25. The number of benzene rings is 1. The Labute approximate surface area is 160 Å². The molecule has 2 aromatic rings. The van der Waals surface area contributed by atoms with Gasteiger partial charge >= 0.3 is 0 Å². The largest absolute Gasteiger partial charge is 0.357 e. The molecule has 0 saturated heterocycles. The minimum absolute atomic E-state index is 0. The molecule has 1 aromatic heterocycles. The van der Waals surface area contributed by atoms with E-state index in [0.717, 1.165) is 24.9 Å². The molecule has 24 heavy (non-hydrogen) atoms. The maximum Gasteiger partial charge on any atom is 0.191 e. The summed E-state index contributed by atoms with van der Waals surface area (Å²) in [5.41, 5.74) is 1.44. The predicted molar refractivity (Wildman–Crippen MR) is 107 cm³/mol. The van der Waals surface area contributed by atoms with Gasteiger partial charge in [-0.1, -0.05) is 30.3 Å². The van der Waals surface area contributed by atoms with Gasteiger partial charge in [0.2, 0.25) is 0 Å². The average molecular weight is 440 g/mol. The number of hydrogen-bond donors (Lipinski definition) is 2. The van der Waals surface area contributed by atoms with Gasteiger partial charge in [0.05, 0.1) is 0 Å². The fraction of sp³-hybridized carbons (Fsp3) is 0.471. The second-order valence-corrected chi connectivity index (χ2v) is 5.89. The Morgan fingerprint density at radius 3 is 2.75 bits per heavy atom. The lowest BCUT2D eigenvalue weighted by Gasteiger charge is -2.11. The monoisotopic (exact) mass is 440 g/mol. The Bertz CT molecular complexity index is 654. The first-order chi connectivity index (χ1) is 11.3. The van der Waals surface area contributed by atoms with E-state index in [1.165, 1.54) is 12.0 Å². The van der Waals surface area contributed by atoms with Crippen LogP contribution < -0.4 is 10.6 Å². The van der Waals surface area contributed by atoms with Crippen LogP contribution in [-0.2, 0) is 13.6 Å². The zero-order valence-corrected chi connectivity index (χ0v) is 16.5. The minimum Gasteiger partial charge on any atom is -0.357 e. The van der Waals surface area contributed by atoms with Crippen molar-refractivity contribution < 1.29 is 0 Å². The summed E-state index contributed by atoms with van der Waals surface area (Å²) < 4.78 is 1.75. The van der Waals surface area contributed by atoms with Crippen molar-refractivity contribution >= 4 is 29.9 Å². The molecule has 1 aliphatic rings. The lowest BCUT2D eigenvalue weighted by atomic mass is 10.1. The molecular weight excluding hydrogens is 415 g/mol. The Hall–Kier alpha value is -1.64. The first-order valence-electron chi connectivity index (χ1n) is 8.18. The summed E-state index contributed by atoms with van der Waals surface area (Å²) >= 11 is 0. The molecular formula is C17H25IN6. The lowest BCUT2D eigenvalue weighted by Crippen LogP contribution is -2.38. The molecule has 2 N–H and O–H groups in total. The smallest absolute Gasteiger partial charge is 0.191 e. The van der Waals surface area contributed by atoms with Crippen LogP contribution in [0.2, 0.25) is 0 Å². The van der Waals surface area contributed by atoms with E-state index in [9.17, 15) is 0 Å². The van der Waals surface area contributed by atoms with Gasteiger partial charge in [0.25, 0.3) is 0 Å². The van der Waals surface area contributed by atoms with E-state index in [1.807, 2.05) is 7.05 Å². The predicted octanol–water partition coefficient (Wildman–Crippen LogP) is 2.29. The molecule has 0 bridgehead atoms. The van der Waals surface area contributed by atoms with Crippen molar-refractivity contribution in [2.45, 2.75) is 25.8 Å². The molecule has 0 aliphatic heterocycles. The van der Waals surface area contributed by atoms with Crippen LogP contribution in [0.5, 0.6) is 0 Å². The maximum absolute atomic E-state index is 4.59. The van der Waals surface area contributed by atoms with Crippen molar-refractivity contribution in [2.24, 2.45) is 18.0 Å². The number of rotatable bonds is 6. The van der Waals surface area contributed by atoms with Crippen molar-refractivity contribution in [3.63, 3.8) is 0 Å². The molecule has 1 fully saturated rings. The fourth-order valence-corrected chi connectivity index (χ4v) is 2.76. The molecule has 0 amide bonds. The van der Waals surface area contributed by atoms with E-state index in [4.69, 9.17) is 0 Å². The maximum atomic E-state index is 4.59. The van der Waals surface area contributed by atoms with Gasteiger partial charge in [-0.15, -0.1) is 24.0 Å². The Morgan fingerprint density at radius 2 is 2.08 bits per heavy atom. The molecule has 1 heterocycles. The number of nitrogens with one attached hydrogen (secondary N) is 2. The second kappa shape index (κ2) is 9.00. The molecule has 7 heteroatoms. The molecule has 6 nitrogen and oxygen atoms in total. The Kier molecular flexibility index (Phi) is 7.01. The van der Waals surface area contributed by atoms with Gasteiger partial charge in [-0.2, -0.15) is 5.10 Å². The molecule has 3 rings (SSSR count). The third-order valence-corrected chi connectivity index (χ3v) is 4.21. The Morgan fingerprint density at radius 1 is 1.29 bits per heavy atom. The standard InChI is InChI=1S/C17H24N6.HI/c1-3-18-17(20-11-16-21-12-22-23(16)2)19-10-14-9-15(14)13-7-5-4-6-8-13;/h4-8,12,14-15H,3,9-11H2,1-2H3,(H2,18,19,20);1H. The quantitative estimate of drug-likeness (QED) is 0.411. The number of guanidine groups is 1. The highest BCUT2D eigenvalue weighted by Gasteiger charge is 2.37. The van der Waals surface area contributed by atoms with Crippen LogP contribution in [0.15, 0.2) is 41.7 Å². The first kappa shape index (κ1) is 18.7. The third kappa shape index (κ3) is 4.93. The van der Waals surface area contributed by atoms with Crippen LogP contribution in [0.1, 0.15) is 30.7 Å². The van der Waals surface area contributed by atoms with Gasteiger partial charge in [0.1, 0.15) is 18.7 Å². The van der Waals surface area contributed by atoms with Crippen molar-refractivity contribution in [3.8, 4) is 0 Å². The van der Waals surface area contributed by atoms with Crippen LogP contribution in [0.4, 0.5) is 0 Å². The summed E-state index contributed by atoms with van der Waals surface area (Å²) in [6.07, 6.45) is 2.81. The van der Waals surface area contributed by atoms with Crippen molar-refractivity contribution in [3.05, 3.63) is 48.0 Å². The van der Waals surface area contributed by atoms with E-state index >= 15 is 0 Å². The molecule has 1 saturated carbocycles. The second-order valence-electron chi connectivity index (χ2n) is 5.89. The van der Waals surface area contributed by atoms with Crippen LogP contribution in [-0.4, -0.2) is 33.8 Å². The van der Waals surface area contributed by atoms with Gasteiger partial charge in [0, 0.05) is 20.1 Å². The van der Waals surface area contributed by atoms with Crippen LogP contribution in [0, 0.1) is 5.92 Å². The number of hydrogen-bond acceptors (Lipinski definition) is 3. The van der Waals surface area contributed by atoms with Crippen molar-refractivity contribution in [1.82, 2.24) is 25.4 Å².